The molecule has 0 spiro atoms. The zero-order valence-corrected chi connectivity index (χ0v) is 13.9. The van der Waals surface area contributed by atoms with Gasteiger partial charge < -0.3 is 10.1 Å². The van der Waals surface area contributed by atoms with Crippen molar-refractivity contribution in [2.45, 2.75) is 6.92 Å². The molecule has 3 N–H and O–H groups in total. The maximum atomic E-state index is 9.75. The molecule has 7 nitrogen and oxygen atoms in total. The molecule has 0 aliphatic heterocycles. The van der Waals surface area contributed by atoms with Gasteiger partial charge in [0, 0.05) is 21.5 Å². The molecule has 8 heteroatoms. The quantitative estimate of drug-likeness (QED) is 0.386. The van der Waals surface area contributed by atoms with Crippen molar-refractivity contribution in [3.63, 3.8) is 0 Å². The number of phenols is 1. The number of aryl methyl sites for hydroxylation is 1. The fraction of sp³-hybridized carbons (Fsp3) is 0.0588. The molecule has 0 bridgehead atoms. The number of halogens is 1. The number of aromatic hydroxyl groups is 1. The summed E-state index contributed by atoms with van der Waals surface area (Å²) in [4.78, 5) is 7.58. The second-order valence-corrected chi connectivity index (χ2v) is 6.02. The van der Waals surface area contributed by atoms with Crippen LogP contribution in [0.25, 0.3) is 22.1 Å². The van der Waals surface area contributed by atoms with Crippen LogP contribution in [0.3, 0.4) is 0 Å². The van der Waals surface area contributed by atoms with Gasteiger partial charge in [0.05, 0.1) is 6.21 Å². The van der Waals surface area contributed by atoms with E-state index in [4.69, 9.17) is 11.6 Å². The first-order chi connectivity index (χ1) is 12.1. The van der Waals surface area contributed by atoms with Gasteiger partial charge in [0.1, 0.15) is 11.3 Å². The van der Waals surface area contributed by atoms with Crippen LogP contribution in [-0.4, -0.2) is 31.5 Å². The number of aromatic nitrogens is 4. The predicted octanol–water partition coefficient (Wildman–Crippen LogP) is 3.62. The summed E-state index contributed by atoms with van der Waals surface area (Å²) in [5.74, 6) is 0.323. The van der Waals surface area contributed by atoms with Crippen molar-refractivity contribution in [3.8, 4) is 5.75 Å². The molecule has 0 aliphatic rings. The second-order valence-electron chi connectivity index (χ2n) is 5.58. The van der Waals surface area contributed by atoms with Crippen molar-refractivity contribution in [1.29, 1.82) is 0 Å². The fourth-order valence-corrected chi connectivity index (χ4v) is 2.70. The number of hydrogen-bond donors (Lipinski definition) is 3. The van der Waals surface area contributed by atoms with Gasteiger partial charge in [-0.2, -0.15) is 10.1 Å². The van der Waals surface area contributed by atoms with Gasteiger partial charge >= 0.3 is 0 Å². The molecule has 2 aromatic carbocycles. The number of nitrogens with one attached hydrogen (secondary N) is 2. The van der Waals surface area contributed by atoms with E-state index in [9.17, 15) is 5.11 Å². The molecule has 0 amide bonds. The normalized spacial score (nSPS) is 11.6. The molecule has 0 unspecified atom stereocenters. The Bertz CT molecular complexity index is 1120. The maximum absolute atomic E-state index is 9.75. The molecule has 0 atom stereocenters. The number of hydrazone groups is 1. The van der Waals surface area contributed by atoms with E-state index in [0.29, 0.717) is 21.7 Å². The number of anilines is 1. The van der Waals surface area contributed by atoms with Gasteiger partial charge in [0.15, 0.2) is 5.65 Å². The number of nitrogens with zero attached hydrogens (tertiary/aromatic N) is 4. The van der Waals surface area contributed by atoms with Gasteiger partial charge in [-0.1, -0.05) is 23.2 Å². The fourth-order valence-electron chi connectivity index (χ4n) is 2.52. The lowest BCUT2D eigenvalue weighted by Crippen LogP contribution is -1.99. The summed E-state index contributed by atoms with van der Waals surface area (Å²) in [6, 6.07) is 10.7. The number of H-pyrrole nitrogens is 1. The Kier molecular flexibility index (Phi) is 3.70. The third-order valence-corrected chi connectivity index (χ3v) is 3.96. The van der Waals surface area contributed by atoms with Crippen molar-refractivity contribution >= 4 is 45.8 Å². The Hall–Kier alpha value is -3.19. The minimum absolute atomic E-state index is 0.0791. The van der Waals surface area contributed by atoms with E-state index in [1.54, 1.807) is 12.1 Å². The minimum atomic E-state index is 0.0791. The summed E-state index contributed by atoms with van der Waals surface area (Å²) >= 11 is 5.90. The first-order valence-electron chi connectivity index (χ1n) is 7.50. The van der Waals surface area contributed by atoms with Crippen LogP contribution in [0.1, 0.15) is 11.1 Å². The summed E-state index contributed by atoms with van der Waals surface area (Å²) in [6.07, 6.45) is 1.43. The second kappa shape index (κ2) is 6.03. The molecule has 124 valence electrons. The smallest absolute Gasteiger partial charge is 0.265 e. The summed E-state index contributed by atoms with van der Waals surface area (Å²) < 4.78 is 0. The number of benzene rings is 2. The standard InChI is InChI=1S/C17H13ClN6O/c1-9-2-4-13-12(6-9)15-16(20-13)21-17(24-22-15)23-19-8-10-7-11(18)3-5-14(10)25/h2-8,25H,1H3,(H2,20,21,23,24)/b19-8+. The highest BCUT2D eigenvalue weighted by Gasteiger charge is 2.09. The van der Waals surface area contributed by atoms with E-state index in [2.05, 4.69) is 30.7 Å². The van der Waals surface area contributed by atoms with Crippen LogP contribution in [0.4, 0.5) is 5.95 Å². The van der Waals surface area contributed by atoms with Gasteiger partial charge in [0.25, 0.3) is 5.95 Å². The molecule has 0 saturated carbocycles. The zero-order valence-electron chi connectivity index (χ0n) is 13.2. The number of aromatic amines is 1. The molecular formula is C17H13ClN6O. The first-order valence-corrected chi connectivity index (χ1v) is 7.88. The Balaban J connectivity index is 1.62. The zero-order chi connectivity index (χ0) is 17.4. The summed E-state index contributed by atoms with van der Waals surface area (Å²) in [7, 11) is 0. The SMILES string of the molecule is Cc1ccc2[nH]c3nc(N/N=C/c4cc(Cl)ccc4O)nnc3c2c1. The molecule has 0 aliphatic carbocycles. The molecule has 0 saturated heterocycles. The summed E-state index contributed by atoms with van der Waals surface area (Å²) in [5, 5.41) is 23.5. The third kappa shape index (κ3) is 2.97. The van der Waals surface area contributed by atoms with Gasteiger partial charge in [-0.3, -0.25) is 0 Å². The number of hydrogen-bond acceptors (Lipinski definition) is 6. The van der Waals surface area contributed by atoms with Crippen LogP contribution in [0.15, 0.2) is 41.5 Å². The van der Waals surface area contributed by atoms with Crippen LogP contribution in [0.5, 0.6) is 5.75 Å². The van der Waals surface area contributed by atoms with Gasteiger partial charge in [-0.15, -0.1) is 10.2 Å². The van der Waals surface area contributed by atoms with Gasteiger partial charge in [0.2, 0.25) is 0 Å². The minimum Gasteiger partial charge on any atom is -0.507 e. The molecule has 2 heterocycles. The van der Waals surface area contributed by atoms with E-state index < -0.39 is 0 Å². The van der Waals surface area contributed by atoms with Crippen molar-refractivity contribution in [1.82, 2.24) is 20.2 Å². The van der Waals surface area contributed by atoms with Crippen molar-refractivity contribution in [3.05, 3.63) is 52.5 Å². The van der Waals surface area contributed by atoms with E-state index in [1.807, 2.05) is 25.1 Å². The molecule has 4 rings (SSSR count). The average molecular weight is 353 g/mol. The van der Waals surface area contributed by atoms with Crippen LogP contribution in [0, 0.1) is 6.92 Å². The highest BCUT2D eigenvalue weighted by atomic mass is 35.5. The van der Waals surface area contributed by atoms with E-state index in [1.165, 1.54) is 12.3 Å². The van der Waals surface area contributed by atoms with Crippen molar-refractivity contribution in [2.75, 3.05) is 5.43 Å². The average Bonchev–Trinajstić information content (AvgIpc) is 2.95. The lowest BCUT2D eigenvalue weighted by molar-refractivity contribution is 0.474. The monoisotopic (exact) mass is 352 g/mol. The molecule has 0 fully saturated rings. The van der Waals surface area contributed by atoms with Crippen LogP contribution >= 0.6 is 11.6 Å². The molecule has 0 radical (unpaired) electrons. The topological polar surface area (TPSA) is 99.1 Å². The highest BCUT2D eigenvalue weighted by molar-refractivity contribution is 6.30. The third-order valence-electron chi connectivity index (χ3n) is 3.73. The Labute approximate surface area is 147 Å². The molecule has 25 heavy (non-hydrogen) atoms. The number of rotatable bonds is 3. The predicted molar refractivity (Wildman–Crippen MR) is 98.3 cm³/mol. The summed E-state index contributed by atoms with van der Waals surface area (Å²) in [5.41, 5.74) is 6.61. The Morgan fingerprint density at radius 3 is 2.96 bits per heavy atom. The number of fused-ring (bicyclic) bond motifs is 3. The maximum Gasteiger partial charge on any atom is 0.265 e. The molecule has 2 aromatic heterocycles. The Morgan fingerprint density at radius 1 is 1.20 bits per heavy atom. The van der Waals surface area contributed by atoms with Crippen LogP contribution in [-0.2, 0) is 0 Å². The van der Waals surface area contributed by atoms with Gasteiger partial charge in [-0.05, 0) is 37.3 Å². The number of phenolic OH excluding ortho intramolecular Hbond substituents is 1. The largest absolute Gasteiger partial charge is 0.507 e. The van der Waals surface area contributed by atoms with Crippen molar-refractivity contribution < 1.29 is 5.11 Å². The first kappa shape index (κ1) is 15.3. The lowest BCUT2D eigenvalue weighted by Gasteiger charge is -2.00. The lowest BCUT2D eigenvalue weighted by atomic mass is 10.2. The van der Waals surface area contributed by atoms with E-state index in [0.717, 1.165) is 16.5 Å². The van der Waals surface area contributed by atoms with Crippen LogP contribution in [0.2, 0.25) is 5.02 Å². The molecular weight excluding hydrogens is 340 g/mol. The Morgan fingerprint density at radius 2 is 2.08 bits per heavy atom. The van der Waals surface area contributed by atoms with Gasteiger partial charge in [-0.25, -0.2) is 5.43 Å². The van der Waals surface area contributed by atoms with Crippen LogP contribution < -0.4 is 5.43 Å². The summed E-state index contributed by atoms with van der Waals surface area (Å²) in [6.45, 7) is 2.02. The van der Waals surface area contributed by atoms with Crippen molar-refractivity contribution in [2.24, 2.45) is 5.10 Å². The van der Waals surface area contributed by atoms with E-state index in [-0.39, 0.29) is 11.7 Å². The van der Waals surface area contributed by atoms with E-state index >= 15 is 0 Å². The highest BCUT2D eigenvalue weighted by Crippen LogP contribution is 2.23. The molecule has 4 aromatic rings.